The third-order valence-corrected chi connectivity index (χ3v) is 2.75. The molecule has 0 amide bonds. The number of hydrogen-bond acceptors (Lipinski definition) is 4. The van der Waals surface area contributed by atoms with Crippen LogP contribution in [0.2, 0.25) is 0 Å². The molecule has 16 heavy (non-hydrogen) atoms. The Morgan fingerprint density at radius 1 is 0.562 bits per heavy atom. The van der Waals surface area contributed by atoms with Crippen molar-refractivity contribution in [2.24, 2.45) is 0 Å². The molecule has 1 saturated carbocycles. The van der Waals surface area contributed by atoms with Crippen LogP contribution >= 0.6 is 0 Å². The van der Waals surface area contributed by atoms with Crippen LogP contribution in [0.4, 0.5) is 0 Å². The quantitative estimate of drug-likeness (QED) is 0.629. The highest BCUT2D eigenvalue weighted by Crippen LogP contribution is 2.15. The molecule has 3 N–H and O–H groups in total. The van der Waals surface area contributed by atoms with E-state index in [0.29, 0.717) is 19.6 Å². The fourth-order valence-electron chi connectivity index (χ4n) is 1.82. The van der Waals surface area contributed by atoms with E-state index in [1.807, 2.05) is 0 Å². The molecule has 0 bridgehead atoms. The molecule has 0 aromatic heterocycles. The van der Waals surface area contributed by atoms with Crippen LogP contribution in [0.5, 0.6) is 0 Å². The summed E-state index contributed by atoms with van der Waals surface area (Å²) in [7, 11) is 0. The van der Waals surface area contributed by atoms with Gasteiger partial charge in [0.25, 0.3) is 0 Å². The van der Waals surface area contributed by atoms with Crippen molar-refractivity contribution < 1.29 is 15.3 Å². The Labute approximate surface area is 98.9 Å². The van der Waals surface area contributed by atoms with Crippen molar-refractivity contribution in [2.75, 3.05) is 39.5 Å². The molecule has 98 valence electrons. The highest BCUT2D eigenvalue weighted by Gasteiger charge is 2.00. The van der Waals surface area contributed by atoms with Crippen LogP contribution in [0.1, 0.15) is 38.5 Å². The predicted molar refractivity (Wildman–Crippen MR) is 65.4 cm³/mol. The van der Waals surface area contributed by atoms with Crippen LogP contribution in [-0.4, -0.2) is 59.7 Å². The maximum absolute atomic E-state index is 8.48. The lowest BCUT2D eigenvalue weighted by Gasteiger charge is -2.17. The summed E-state index contributed by atoms with van der Waals surface area (Å²) in [6.07, 6.45) is 9.00. The summed E-state index contributed by atoms with van der Waals surface area (Å²) in [5, 5.41) is 25.5. The van der Waals surface area contributed by atoms with Gasteiger partial charge >= 0.3 is 0 Å². The molecule has 1 fully saturated rings. The first-order valence-corrected chi connectivity index (χ1v) is 6.40. The first kappa shape index (κ1) is 15.8. The molecule has 0 aromatic rings. The molecule has 0 radical (unpaired) electrons. The molecular weight excluding hydrogens is 206 g/mol. The van der Waals surface area contributed by atoms with E-state index in [1.54, 1.807) is 4.90 Å². The van der Waals surface area contributed by atoms with E-state index < -0.39 is 0 Å². The maximum Gasteiger partial charge on any atom is 0.0558 e. The molecule has 4 nitrogen and oxygen atoms in total. The van der Waals surface area contributed by atoms with Crippen molar-refractivity contribution in [3.63, 3.8) is 0 Å². The molecule has 0 aromatic carbocycles. The molecule has 0 saturated heterocycles. The number of rotatable bonds is 6. The Balaban J connectivity index is 0.000000315. The van der Waals surface area contributed by atoms with Gasteiger partial charge in [-0.2, -0.15) is 0 Å². The zero-order valence-electron chi connectivity index (χ0n) is 10.3. The normalized spacial score (nSPS) is 15.8. The largest absolute Gasteiger partial charge is 0.395 e. The van der Waals surface area contributed by atoms with E-state index in [0.717, 1.165) is 0 Å². The summed E-state index contributed by atoms with van der Waals surface area (Å²) in [6.45, 7) is 1.75. The van der Waals surface area contributed by atoms with Crippen LogP contribution in [0.15, 0.2) is 0 Å². The van der Waals surface area contributed by atoms with E-state index in [1.165, 1.54) is 38.5 Å². The van der Waals surface area contributed by atoms with Gasteiger partial charge in [0.15, 0.2) is 0 Å². The molecule has 0 spiro atoms. The summed E-state index contributed by atoms with van der Waals surface area (Å²) in [4.78, 5) is 1.79. The van der Waals surface area contributed by atoms with Gasteiger partial charge in [0.2, 0.25) is 0 Å². The lowest BCUT2D eigenvalue weighted by atomic mass is 10.0. The molecule has 1 rings (SSSR count). The second kappa shape index (κ2) is 12.9. The fraction of sp³-hybridized carbons (Fsp3) is 1.00. The minimum atomic E-state index is 0.0694. The van der Waals surface area contributed by atoms with Gasteiger partial charge in [0, 0.05) is 19.6 Å². The molecule has 0 aliphatic heterocycles. The van der Waals surface area contributed by atoms with Gasteiger partial charge in [-0.25, -0.2) is 0 Å². The van der Waals surface area contributed by atoms with E-state index in [4.69, 9.17) is 15.3 Å². The first-order chi connectivity index (χ1) is 7.85. The van der Waals surface area contributed by atoms with Crippen LogP contribution < -0.4 is 0 Å². The number of aliphatic hydroxyl groups excluding tert-OH is 3. The van der Waals surface area contributed by atoms with Gasteiger partial charge in [-0.15, -0.1) is 0 Å². The van der Waals surface area contributed by atoms with Crippen molar-refractivity contribution in [1.29, 1.82) is 0 Å². The average Bonchev–Trinajstić information content (AvgIpc) is 2.33. The fourth-order valence-corrected chi connectivity index (χ4v) is 1.82. The van der Waals surface area contributed by atoms with Crippen LogP contribution in [0.25, 0.3) is 0 Å². The topological polar surface area (TPSA) is 63.9 Å². The van der Waals surface area contributed by atoms with Crippen molar-refractivity contribution in [3.05, 3.63) is 0 Å². The summed E-state index contributed by atoms with van der Waals surface area (Å²) < 4.78 is 0. The summed E-state index contributed by atoms with van der Waals surface area (Å²) in [5.74, 6) is 0. The number of nitrogens with zero attached hydrogens (tertiary/aromatic N) is 1. The number of aliphatic hydroxyl groups is 3. The van der Waals surface area contributed by atoms with Crippen molar-refractivity contribution in [3.8, 4) is 0 Å². The average molecular weight is 233 g/mol. The molecule has 1 aliphatic carbocycles. The van der Waals surface area contributed by atoms with E-state index in [-0.39, 0.29) is 19.8 Å². The second-order valence-electron chi connectivity index (χ2n) is 4.13. The Morgan fingerprint density at radius 2 is 0.812 bits per heavy atom. The minimum Gasteiger partial charge on any atom is -0.395 e. The van der Waals surface area contributed by atoms with Gasteiger partial charge in [-0.05, 0) is 0 Å². The van der Waals surface area contributed by atoms with Gasteiger partial charge in [0.05, 0.1) is 19.8 Å². The molecular formula is C12H27NO3. The molecule has 0 heterocycles. The Hall–Kier alpha value is -0.160. The molecule has 4 heteroatoms. The minimum absolute atomic E-state index is 0.0694. The number of hydrogen-bond donors (Lipinski definition) is 3. The summed E-state index contributed by atoms with van der Waals surface area (Å²) in [6, 6.07) is 0. The van der Waals surface area contributed by atoms with Gasteiger partial charge < -0.3 is 15.3 Å². The molecule has 0 atom stereocenters. The first-order valence-electron chi connectivity index (χ1n) is 6.40. The summed E-state index contributed by atoms with van der Waals surface area (Å²) in [5.41, 5.74) is 0. The predicted octanol–water partition coefficient (Wildman–Crippen LogP) is 0.606. The smallest absolute Gasteiger partial charge is 0.0558 e. The Bertz CT molecular complexity index is 104. The van der Waals surface area contributed by atoms with Gasteiger partial charge in [-0.1, -0.05) is 38.5 Å². The van der Waals surface area contributed by atoms with Gasteiger partial charge in [0.1, 0.15) is 0 Å². The summed E-state index contributed by atoms with van der Waals surface area (Å²) >= 11 is 0. The standard InChI is InChI=1S/C6H15NO3.C6H12/c8-4-1-7(2-5-9)3-6-10;1-2-4-6-5-3-1/h8-10H,1-6H2;1-6H2. The van der Waals surface area contributed by atoms with Gasteiger partial charge in [-0.3, -0.25) is 4.90 Å². The van der Waals surface area contributed by atoms with Crippen LogP contribution in [0.3, 0.4) is 0 Å². The zero-order valence-corrected chi connectivity index (χ0v) is 10.3. The van der Waals surface area contributed by atoms with Crippen molar-refractivity contribution >= 4 is 0 Å². The molecule has 1 aliphatic rings. The van der Waals surface area contributed by atoms with Crippen LogP contribution in [-0.2, 0) is 0 Å². The van der Waals surface area contributed by atoms with Crippen molar-refractivity contribution in [1.82, 2.24) is 4.90 Å². The van der Waals surface area contributed by atoms with E-state index in [9.17, 15) is 0 Å². The van der Waals surface area contributed by atoms with E-state index in [2.05, 4.69) is 0 Å². The monoisotopic (exact) mass is 233 g/mol. The SMILES string of the molecule is C1CCCCC1.OCCN(CCO)CCO. The lowest BCUT2D eigenvalue weighted by molar-refractivity contribution is 0.136. The highest BCUT2D eigenvalue weighted by molar-refractivity contribution is 4.54. The Kier molecular flexibility index (Phi) is 12.8. The van der Waals surface area contributed by atoms with E-state index >= 15 is 0 Å². The van der Waals surface area contributed by atoms with Crippen molar-refractivity contribution in [2.45, 2.75) is 38.5 Å². The third-order valence-electron chi connectivity index (χ3n) is 2.75. The maximum atomic E-state index is 8.48. The van der Waals surface area contributed by atoms with Crippen LogP contribution in [0, 0.1) is 0 Å². The Morgan fingerprint density at radius 3 is 1.00 bits per heavy atom. The third kappa shape index (κ3) is 10.4. The lowest BCUT2D eigenvalue weighted by Crippen LogP contribution is -2.32. The highest BCUT2D eigenvalue weighted by atomic mass is 16.3. The second-order valence-corrected chi connectivity index (χ2v) is 4.13. The zero-order chi connectivity index (χ0) is 12.1. The molecule has 0 unspecified atom stereocenters.